The largest absolute Gasteiger partial charge is 0.480 e. The predicted octanol–water partition coefficient (Wildman–Crippen LogP) is -1.59. The number of hydrogen-bond acceptors (Lipinski definition) is 5. The first-order valence-corrected chi connectivity index (χ1v) is 8.48. The molecule has 0 bridgehead atoms. The van der Waals surface area contributed by atoms with Gasteiger partial charge in [0.2, 0.25) is 5.91 Å². The normalized spacial score (nSPS) is 17.6. The minimum Gasteiger partial charge on any atom is -0.480 e. The van der Waals surface area contributed by atoms with Crippen LogP contribution in [0.4, 0.5) is 4.79 Å². The minimum absolute atomic E-state index is 0.149. The number of aliphatic carboxylic acids is 1. The SMILES string of the molecule is CS(=O)(=O)CCC(NC(=O)N1CCCNC(=O)C1)C(=O)O. The van der Waals surface area contributed by atoms with E-state index >= 15 is 0 Å². The van der Waals surface area contributed by atoms with Crippen LogP contribution in [0.3, 0.4) is 0 Å². The lowest BCUT2D eigenvalue weighted by atomic mass is 10.2. The molecule has 0 aromatic carbocycles. The summed E-state index contributed by atoms with van der Waals surface area (Å²) in [6.07, 6.45) is 1.34. The first-order valence-electron chi connectivity index (χ1n) is 6.42. The molecule has 1 aliphatic heterocycles. The van der Waals surface area contributed by atoms with Gasteiger partial charge in [-0.1, -0.05) is 0 Å². The van der Waals surface area contributed by atoms with Crippen molar-refractivity contribution >= 4 is 27.7 Å². The molecule has 10 heteroatoms. The summed E-state index contributed by atoms with van der Waals surface area (Å²) in [6.45, 7) is 0.631. The monoisotopic (exact) mass is 321 g/mol. The van der Waals surface area contributed by atoms with Gasteiger partial charge in [0.15, 0.2) is 0 Å². The fourth-order valence-electron chi connectivity index (χ4n) is 1.81. The fourth-order valence-corrected chi connectivity index (χ4v) is 2.47. The van der Waals surface area contributed by atoms with Crippen molar-refractivity contribution in [2.75, 3.05) is 31.6 Å². The number of carboxylic acids is 1. The molecule has 1 atom stereocenters. The molecule has 120 valence electrons. The molecular weight excluding hydrogens is 302 g/mol. The third-order valence-corrected chi connectivity index (χ3v) is 3.90. The van der Waals surface area contributed by atoms with Crippen LogP contribution in [0.25, 0.3) is 0 Å². The van der Waals surface area contributed by atoms with Crippen LogP contribution in [-0.4, -0.2) is 74.0 Å². The van der Waals surface area contributed by atoms with Crippen LogP contribution in [0, 0.1) is 0 Å². The molecule has 1 heterocycles. The van der Waals surface area contributed by atoms with E-state index in [1.165, 1.54) is 4.90 Å². The highest BCUT2D eigenvalue weighted by Gasteiger charge is 2.26. The van der Waals surface area contributed by atoms with Crippen LogP contribution in [-0.2, 0) is 19.4 Å². The lowest BCUT2D eigenvalue weighted by molar-refractivity contribution is -0.139. The maximum Gasteiger partial charge on any atom is 0.326 e. The Morgan fingerprint density at radius 1 is 1.48 bits per heavy atom. The highest BCUT2D eigenvalue weighted by Crippen LogP contribution is 2.01. The molecule has 1 fully saturated rings. The molecule has 0 aromatic rings. The molecule has 0 radical (unpaired) electrons. The molecule has 0 aliphatic carbocycles. The Kier molecular flexibility index (Phi) is 5.94. The van der Waals surface area contributed by atoms with E-state index in [-0.39, 0.29) is 24.6 Å². The second-order valence-electron chi connectivity index (χ2n) is 4.88. The topological polar surface area (TPSA) is 133 Å². The average molecular weight is 321 g/mol. The van der Waals surface area contributed by atoms with Gasteiger partial charge < -0.3 is 20.6 Å². The highest BCUT2D eigenvalue weighted by atomic mass is 32.2. The van der Waals surface area contributed by atoms with Crippen molar-refractivity contribution in [2.45, 2.75) is 18.9 Å². The van der Waals surface area contributed by atoms with Crippen molar-refractivity contribution in [2.24, 2.45) is 0 Å². The Hall–Kier alpha value is -1.84. The third kappa shape index (κ3) is 6.43. The number of carbonyl (C=O) groups is 3. The van der Waals surface area contributed by atoms with E-state index in [4.69, 9.17) is 5.11 Å². The Balaban J connectivity index is 2.63. The fraction of sp³-hybridized carbons (Fsp3) is 0.727. The first kappa shape index (κ1) is 17.2. The lowest BCUT2D eigenvalue weighted by Crippen LogP contribution is -2.50. The number of urea groups is 1. The van der Waals surface area contributed by atoms with Gasteiger partial charge in [-0.15, -0.1) is 0 Å². The zero-order valence-electron chi connectivity index (χ0n) is 11.7. The summed E-state index contributed by atoms with van der Waals surface area (Å²) >= 11 is 0. The average Bonchev–Trinajstić information content (AvgIpc) is 2.57. The van der Waals surface area contributed by atoms with Crippen LogP contribution in [0.5, 0.6) is 0 Å². The summed E-state index contributed by atoms with van der Waals surface area (Å²) in [5.74, 6) is -1.97. The van der Waals surface area contributed by atoms with Gasteiger partial charge >= 0.3 is 12.0 Å². The Morgan fingerprint density at radius 2 is 2.14 bits per heavy atom. The predicted molar refractivity (Wildman–Crippen MR) is 73.5 cm³/mol. The van der Waals surface area contributed by atoms with Crippen molar-refractivity contribution in [3.05, 3.63) is 0 Å². The van der Waals surface area contributed by atoms with Gasteiger partial charge in [-0.25, -0.2) is 18.0 Å². The highest BCUT2D eigenvalue weighted by molar-refractivity contribution is 7.90. The zero-order valence-corrected chi connectivity index (χ0v) is 12.5. The zero-order chi connectivity index (χ0) is 16.0. The van der Waals surface area contributed by atoms with Gasteiger partial charge in [0, 0.05) is 19.3 Å². The number of carboxylic acid groups (broad SMARTS) is 1. The van der Waals surface area contributed by atoms with Crippen LogP contribution in [0.1, 0.15) is 12.8 Å². The van der Waals surface area contributed by atoms with Crippen molar-refractivity contribution in [1.29, 1.82) is 0 Å². The van der Waals surface area contributed by atoms with E-state index < -0.39 is 27.9 Å². The van der Waals surface area contributed by atoms with Gasteiger partial charge in [0.25, 0.3) is 0 Å². The second-order valence-corrected chi connectivity index (χ2v) is 7.14. The number of nitrogens with zero attached hydrogens (tertiary/aromatic N) is 1. The molecule has 0 saturated carbocycles. The molecule has 1 aliphatic rings. The van der Waals surface area contributed by atoms with Gasteiger partial charge in [0.1, 0.15) is 22.4 Å². The van der Waals surface area contributed by atoms with E-state index in [1.54, 1.807) is 0 Å². The summed E-state index contributed by atoms with van der Waals surface area (Å²) in [5.41, 5.74) is 0. The van der Waals surface area contributed by atoms with Crippen LogP contribution < -0.4 is 10.6 Å². The van der Waals surface area contributed by atoms with E-state index in [1.807, 2.05) is 0 Å². The summed E-state index contributed by atoms with van der Waals surface area (Å²) in [5, 5.41) is 13.9. The van der Waals surface area contributed by atoms with Gasteiger partial charge in [-0.2, -0.15) is 0 Å². The van der Waals surface area contributed by atoms with Crippen molar-refractivity contribution in [3.63, 3.8) is 0 Å². The summed E-state index contributed by atoms with van der Waals surface area (Å²) in [4.78, 5) is 35.6. The number of amides is 3. The summed E-state index contributed by atoms with van der Waals surface area (Å²) < 4.78 is 22.1. The van der Waals surface area contributed by atoms with E-state index in [2.05, 4.69) is 10.6 Å². The van der Waals surface area contributed by atoms with Crippen LogP contribution in [0.2, 0.25) is 0 Å². The van der Waals surface area contributed by atoms with Crippen LogP contribution >= 0.6 is 0 Å². The first-order chi connectivity index (χ1) is 9.69. The molecule has 3 N–H and O–H groups in total. The van der Waals surface area contributed by atoms with Crippen LogP contribution in [0.15, 0.2) is 0 Å². The molecule has 0 spiro atoms. The van der Waals surface area contributed by atoms with Gasteiger partial charge in [-0.05, 0) is 12.8 Å². The van der Waals surface area contributed by atoms with Crippen molar-refractivity contribution in [3.8, 4) is 0 Å². The smallest absolute Gasteiger partial charge is 0.326 e. The molecule has 9 nitrogen and oxygen atoms in total. The Morgan fingerprint density at radius 3 is 2.71 bits per heavy atom. The maximum atomic E-state index is 12.0. The number of carbonyl (C=O) groups excluding carboxylic acids is 2. The Labute approximate surface area is 122 Å². The Bertz CT molecular complexity index is 518. The van der Waals surface area contributed by atoms with Gasteiger partial charge in [-0.3, -0.25) is 4.79 Å². The molecule has 0 aromatic heterocycles. The number of rotatable bonds is 5. The maximum absolute atomic E-state index is 12.0. The molecule has 1 saturated heterocycles. The molecule has 21 heavy (non-hydrogen) atoms. The summed E-state index contributed by atoms with van der Waals surface area (Å²) in [6, 6.07) is -1.99. The number of hydrogen-bond donors (Lipinski definition) is 3. The lowest BCUT2D eigenvalue weighted by Gasteiger charge is -2.22. The van der Waals surface area contributed by atoms with Gasteiger partial charge in [0.05, 0.1) is 5.75 Å². The number of sulfone groups is 1. The van der Waals surface area contributed by atoms with E-state index in [9.17, 15) is 22.8 Å². The van der Waals surface area contributed by atoms with E-state index in [0.717, 1.165) is 6.26 Å². The third-order valence-electron chi connectivity index (χ3n) is 2.92. The molecule has 3 amide bonds. The standard InChI is InChI=1S/C11H19N3O6S/c1-21(19,20)6-3-8(10(16)17)13-11(18)14-5-2-4-12-9(15)7-14/h8H,2-7H2,1H3,(H,12,15)(H,13,18)(H,16,17). The molecule has 1 unspecified atom stereocenters. The molecule has 1 rings (SSSR count). The molecular formula is C11H19N3O6S. The van der Waals surface area contributed by atoms with Crippen molar-refractivity contribution < 1.29 is 27.9 Å². The minimum atomic E-state index is -3.32. The van der Waals surface area contributed by atoms with Crippen molar-refractivity contribution in [1.82, 2.24) is 15.5 Å². The van der Waals surface area contributed by atoms with E-state index in [0.29, 0.717) is 19.5 Å². The second kappa shape index (κ2) is 7.25. The number of nitrogens with one attached hydrogen (secondary N) is 2. The quantitative estimate of drug-likeness (QED) is 0.559. The summed E-state index contributed by atoms with van der Waals surface area (Å²) in [7, 11) is -3.32.